The van der Waals surface area contributed by atoms with Crippen molar-refractivity contribution in [2.75, 3.05) is 0 Å². The lowest BCUT2D eigenvalue weighted by Gasteiger charge is -2.22. The molecule has 3 heteroatoms. The van der Waals surface area contributed by atoms with E-state index in [4.69, 9.17) is 4.74 Å². The van der Waals surface area contributed by atoms with Crippen LogP contribution in [-0.2, 0) is 9.53 Å². The first-order valence-corrected chi connectivity index (χ1v) is 7.68. The van der Waals surface area contributed by atoms with Gasteiger partial charge < -0.3 is 9.84 Å². The summed E-state index contributed by atoms with van der Waals surface area (Å²) in [5.41, 5.74) is 1.83. The van der Waals surface area contributed by atoms with Crippen LogP contribution in [0.3, 0.4) is 0 Å². The van der Waals surface area contributed by atoms with E-state index in [1.54, 1.807) is 0 Å². The maximum Gasteiger partial charge on any atom is 0.337 e. The third-order valence-corrected chi connectivity index (χ3v) is 3.68. The summed E-state index contributed by atoms with van der Waals surface area (Å²) < 4.78 is 5.66. The molecule has 0 unspecified atom stereocenters. The molecule has 0 fully saturated rings. The zero-order valence-electron chi connectivity index (χ0n) is 13.5. The van der Waals surface area contributed by atoms with Gasteiger partial charge in [0.15, 0.2) is 6.10 Å². The molecule has 2 aromatic rings. The highest BCUT2D eigenvalue weighted by Gasteiger charge is 2.25. The molecule has 2 rings (SSSR count). The molecule has 0 spiro atoms. The Hall–Kier alpha value is -2.39. The lowest BCUT2D eigenvalue weighted by molar-refractivity contribution is -0.144. The molecule has 0 bridgehead atoms. The average molecular weight is 310 g/mol. The highest BCUT2D eigenvalue weighted by Crippen LogP contribution is 2.27. The van der Waals surface area contributed by atoms with Crippen LogP contribution in [0.5, 0.6) is 0 Å². The fraction of sp³-hybridized carbons (Fsp3) is 0.250. The number of rotatable bonds is 6. The fourth-order valence-electron chi connectivity index (χ4n) is 2.29. The predicted octanol–water partition coefficient (Wildman–Crippen LogP) is 3.89. The molecule has 0 saturated heterocycles. The van der Waals surface area contributed by atoms with Gasteiger partial charge in [-0.2, -0.15) is 0 Å². The Kier molecular flexibility index (Phi) is 5.72. The van der Waals surface area contributed by atoms with Gasteiger partial charge >= 0.3 is 5.97 Å². The molecule has 0 saturated carbocycles. The molecule has 0 aliphatic rings. The first-order valence-electron chi connectivity index (χ1n) is 7.68. The maximum atomic E-state index is 12.4. The molecule has 2 aromatic carbocycles. The van der Waals surface area contributed by atoms with Crippen molar-refractivity contribution >= 4 is 5.97 Å². The van der Waals surface area contributed by atoms with Gasteiger partial charge in [0.25, 0.3) is 0 Å². The van der Waals surface area contributed by atoms with Crippen LogP contribution in [0.15, 0.2) is 72.8 Å². The van der Waals surface area contributed by atoms with Crippen molar-refractivity contribution in [1.82, 2.24) is 0 Å². The van der Waals surface area contributed by atoms with Crippen LogP contribution in [0.25, 0.3) is 0 Å². The monoisotopic (exact) mass is 310 g/mol. The highest BCUT2D eigenvalue weighted by molar-refractivity contribution is 5.89. The number of esters is 1. The van der Waals surface area contributed by atoms with E-state index in [1.807, 2.05) is 74.5 Å². The summed E-state index contributed by atoms with van der Waals surface area (Å²) in [6, 6.07) is 19.1. The fourth-order valence-corrected chi connectivity index (χ4v) is 2.29. The van der Waals surface area contributed by atoms with Crippen molar-refractivity contribution in [2.24, 2.45) is 5.92 Å². The van der Waals surface area contributed by atoms with Crippen molar-refractivity contribution in [3.05, 3.63) is 83.9 Å². The summed E-state index contributed by atoms with van der Waals surface area (Å²) in [4.78, 5) is 12.4. The minimum Gasteiger partial charge on any atom is -0.449 e. The van der Waals surface area contributed by atoms with Crippen LogP contribution < -0.4 is 0 Å². The lowest BCUT2D eigenvalue weighted by Crippen LogP contribution is -2.25. The number of carbonyl (C=O) groups is 1. The number of aliphatic hydroxyl groups is 1. The molecule has 120 valence electrons. The topological polar surface area (TPSA) is 46.5 Å². The van der Waals surface area contributed by atoms with Gasteiger partial charge in [-0.15, -0.1) is 0 Å². The molecular formula is C20H22O3. The summed E-state index contributed by atoms with van der Waals surface area (Å²) in [6.07, 6.45) is -1.43. The van der Waals surface area contributed by atoms with Crippen LogP contribution in [0.2, 0.25) is 0 Å². The Bertz CT molecular complexity index is 608. The van der Waals surface area contributed by atoms with Crippen LogP contribution in [0.1, 0.15) is 31.1 Å². The van der Waals surface area contributed by atoms with E-state index < -0.39 is 18.2 Å². The molecule has 3 nitrogen and oxygen atoms in total. The number of aliphatic hydroxyl groups excluding tert-OH is 1. The summed E-state index contributed by atoms with van der Waals surface area (Å²) >= 11 is 0. The van der Waals surface area contributed by atoms with Crippen molar-refractivity contribution in [3.63, 3.8) is 0 Å². The molecule has 1 N–H and O–H groups in total. The molecule has 0 radical (unpaired) electrons. The Morgan fingerprint density at radius 2 is 1.39 bits per heavy atom. The number of hydrogen-bond acceptors (Lipinski definition) is 3. The van der Waals surface area contributed by atoms with Gasteiger partial charge in [0.05, 0.1) is 11.7 Å². The Morgan fingerprint density at radius 1 is 0.957 bits per heavy atom. The first kappa shape index (κ1) is 17.0. The van der Waals surface area contributed by atoms with Crippen LogP contribution in [0.4, 0.5) is 0 Å². The second kappa shape index (κ2) is 7.75. The van der Waals surface area contributed by atoms with E-state index in [2.05, 4.69) is 6.58 Å². The molecule has 0 heterocycles. The minimum atomic E-state index is -0.908. The highest BCUT2D eigenvalue weighted by atomic mass is 16.5. The zero-order valence-corrected chi connectivity index (χ0v) is 13.5. The maximum absolute atomic E-state index is 12.4. The number of ether oxygens (including phenoxy) is 1. The van der Waals surface area contributed by atoms with Gasteiger partial charge in [-0.05, 0) is 17.0 Å². The quantitative estimate of drug-likeness (QED) is 0.650. The van der Waals surface area contributed by atoms with E-state index in [0.717, 1.165) is 11.1 Å². The van der Waals surface area contributed by atoms with Gasteiger partial charge in [0.1, 0.15) is 0 Å². The lowest BCUT2D eigenvalue weighted by atomic mass is 9.99. The number of hydrogen-bond donors (Lipinski definition) is 1. The van der Waals surface area contributed by atoms with E-state index in [1.165, 1.54) is 0 Å². The molecule has 1 atom stereocenters. The largest absolute Gasteiger partial charge is 0.449 e. The minimum absolute atomic E-state index is 0.0804. The zero-order chi connectivity index (χ0) is 16.8. The van der Waals surface area contributed by atoms with Crippen LogP contribution in [0, 0.1) is 5.92 Å². The Morgan fingerprint density at radius 3 is 1.78 bits per heavy atom. The van der Waals surface area contributed by atoms with E-state index in [-0.39, 0.29) is 11.5 Å². The normalized spacial score (nSPS) is 12.2. The van der Waals surface area contributed by atoms with Crippen molar-refractivity contribution in [2.45, 2.75) is 26.1 Å². The first-order chi connectivity index (χ1) is 11.0. The van der Waals surface area contributed by atoms with E-state index >= 15 is 0 Å². The third kappa shape index (κ3) is 4.30. The van der Waals surface area contributed by atoms with Gasteiger partial charge in [-0.3, -0.25) is 0 Å². The summed E-state index contributed by atoms with van der Waals surface area (Å²) in [5.74, 6) is -0.675. The third-order valence-electron chi connectivity index (χ3n) is 3.68. The smallest absolute Gasteiger partial charge is 0.337 e. The van der Waals surface area contributed by atoms with Crippen LogP contribution >= 0.6 is 0 Å². The summed E-state index contributed by atoms with van der Waals surface area (Å²) in [5, 5.41) is 10.0. The average Bonchev–Trinajstić information content (AvgIpc) is 2.59. The van der Waals surface area contributed by atoms with Gasteiger partial charge in [-0.25, -0.2) is 4.79 Å². The molecule has 0 aliphatic carbocycles. The van der Waals surface area contributed by atoms with Crippen molar-refractivity contribution in [1.29, 1.82) is 0 Å². The molecule has 0 amide bonds. The van der Waals surface area contributed by atoms with Crippen molar-refractivity contribution in [3.8, 4) is 0 Å². The van der Waals surface area contributed by atoms with Gasteiger partial charge in [0.2, 0.25) is 0 Å². The SMILES string of the molecule is C=C(C(=O)OC(c1ccccc1)c1ccccc1)[C@H](O)C(C)C. The summed E-state index contributed by atoms with van der Waals surface area (Å²) in [7, 11) is 0. The second-order valence-electron chi connectivity index (χ2n) is 5.82. The Balaban J connectivity index is 2.26. The van der Waals surface area contributed by atoms with Gasteiger partial charge in [-0.1, -0.05) is 81.1 Å². The van der Waals surface area contributed by atoms with Crippen molar-refractivity contribution < 1.29 is 14.6 Å². The molecule has 23 heavy (non-hydrogen) atoms. The van der Waals surface area contributed by atoms with E-state index in [9.17, 15) is 9.90 Å². The van der Waals surface area contributed by atoms with E-state index in [0.29, 0.717) is 0 Å². The predicted molar refractivity (Wildman–Crippen MR) is 90.8 cm³/mol. The number of carbonyl (C=O) groups excluding carboxylic acids is 1. The second-order valence-corrected chi connectivity index (χ2v) is 5.82. The Labute approximate surface area is 137 Å². The standard InChI is InChI=1S/C20H22O3/c1-14(2)18(21)15(3)20(22)23-19(16-10-6-4-7-11-16)17-12-8-5-9-13-17/h4-14,18-19,21H,3H2,1-2H3/t18-/m1/s1. The van der Waals surface area contributed by atoms with Gasteiger partial charge in [0, 0.05) is 0 Å². The summed E-state index contributed by atoms with van der Waals surface area (Å²) in [6.45, 7) is 7.35. The molecular weight excluding hydrogens is 288 g/mol. The molecule has 0 aromatic heterocycles. The number of benzene rings is 2. The molecule has 0 aliphatic heterocycles. The van der Waals surface area contributed by atoms with Crippen LogP contribution in [-0.4, -0.2) is 17.2 Å².